The second-order valence-corrected chi connectivity index (χ2v) is 7.93. The Bertz CT molecular complexity index is 1280. The molecule has 0 saturated carbocycles. The van der Waals surface area contributed by atoms with Crippen LogP contribution in [0.3, 0.4) is 0 Å². The average Bonchev–Trinajstić information content (AvgIpc) is 3.40. The molecule has 1 saturated heterocycles. The van der Waals surface area contributed by atoms with Crippen molar-refractivity contribution in [3.05, 3.63) is 84.2 Å². The van der Waals surface area contributed by atoms with E-state index in [0.29, 0.717) is 25.3 Å². The van der Waals surface area contributed by atoms with Crippen LogP contribution in [-0.4, -0.2) is 36.2 Å². The fraction of sp³-hybridized carbons (Fsp3) is 0.231. The van der Waals surface area contributed by atoms with Gasteiger partial charge >= 0.3 is 0 Å². The Morgan fingerprint density at radius 1 is 0.906 bits per heavy atom. The van der Waals surface area contributed by atoms with E-state index in [1.54, 1.807) is 14.2 Å². The third kappa shape index (κ3) is 3.47. The van der Waals surface area contributed by atoms with Gasteiger partial charge in [0, 0.05) is 24.4 Å². The molecule has 5 rings (SSSR count). The van der Waals surface area contributed by atoms with E-state index in [2.05, 4.69) is 16.7 Å². The summed E-state index contributed by atoms with van der Waals surface area (Å²) >= 11 is 0. The number of imidazole rings is 1. The number of fused-ring (bicyclic) bond motifs is 1. The van der Waals surface area contributed by atoms with Gasteiger partial charge in [-0.1, -0.05) is 42.5 Å². The number of methoxy groups -OCH3 is 2. The van der Waals surface area contributed by atoms with Gasteiger partial charge in [-0.15, -0.1) is 0 Å². The Balaban J connectivity index is 1.55. The standard InChI is InChI=1S/C26H25N3O3/c1-31-23-13-7-3-9-18(23)16-29-21-11-5-4-10-20(21)27-26(29)19-15-25(30)28(17-19)22-12-6-8-14-24(22)32-2/h3-14,19H,15-17H2,1-2H3/t19-/m0/s1. The lowest BCUT2D eigenvalue weighted by Gasteiger charge is -2.20. The summed E-state index contributed by atoms with van der Waals surface area (Å²) in [7, 11) is 3.32. The molecule has 32 heavy (non-hydrogen) atoms. The van der Waals surface area contributed by atoms with Crippen LogP contribution in [0.5, 0.6) is 11.5 Å². The molecule has 162 valence electrons. The summed E-state index contributed by atoms with van der Waals surface area (Å²) in [4.78, 5) is 19.8. The van der Waals surface area contributed by atoms with Crippen LogP contribution in [0.15, 0.2) is 72.8 Å². The van der Waals surface area contributed by atoms with Gasteiger partial charge in [0.25, 0.3) is 0 Å². The predicted molar refractivity (Wildman–Crippen MR) is 125 cm³/mol. The predicted octanol–water partition coefficient (Wildman–Crippen LogP) is 4.62. The molecule has 6 heteroatoms. The number of para-hydroxylation sites is 5. The minimum absolute atomic E-state index is 0.0190. The first-order chi connectivity index (χ1) is 15.7. The maximum Gasteiger partial charge on any atom is 0.227 e. The number of nitrogens with zero attached hydrogens (tertiary/aromatic N) is 3. The number of amides is 1. The number of benzene rings is 3. The molecular formula is C26H25N3O3. The topological polar surface area (TPSA) is 56.6 Å². The summed E-state index contributed by atoms with van der Waals surface area (Å²) in [6.45, 7) is 1.19. The molecule has 1 aliphatic rings. The molecular weight excluding hydrogens is 402 g/mol. The van der Waals surface area contributed by atoms with Gasteiger partial charge in [0.15, 0.2) is 0 Å². The van der Waals surface area contributed by atoms with Gasteiger partial charge in [-0.05, 0) is 30.3 Å². The SMILES string of the molecule is COc1ccccc1Cn1c([C@H]2CC(=O)N(c3ccccc3OC)C2)nc2ccccc21. The molecule has 4 aromatic rings. The Morgan fingerprint density at radius 3 is 2.41 bits per heavy atom. The lowest BCUT2D eigenvalue weighted by molar-refractivity contribution is -0.117. The van der Waals surface area contributed by atoms with Crippen molar-refractivity contribution in [3.63, 3.8) is 0 Å². The highest BCUT2D eigenvalue weighted by molar-refractivity contribution is 5.97. The lowest BCUT2D eigenvalue weighted by atomic mass is 10.1. The zero-order valence-corrected chi connectivity index (χ0v) is 18.2. The number of rotatable bonds is 6. The second kappa shape index (κ2) is 8.38. The molecule has 2 heterocycles. The van der Waals surface area contributed by atoms with Crippen molar-refractivity contribution in [1.29, 1.82) is 0 Å². The van der Waals surface area contributed by atoms with Crippen molar-refractivity contribution in [3.8, 4) is 11.5 Å². The van der Waals surface area contributed by atoms with Gasteiger partial charge in [-0.25, -0.2) is 4.98 Å². The van der Waals surface area contributed by atoms with Crippen molar-refractivity contribution < 1.29 is 14.3 Å². The van der Waals surface area contributed by atoms with Gasteiger partial charge in [-0.2, -0.15) is 0 Å². The molecule has 0 bridgehead atoms. The first-order valence-corrected chi connectivity index (χ1v) is 10.7. The summed E-state index contributed by atoms with van der Waals surface area (Å²) in [5.41, 5.74) is 3.86. The molecule has 1 amide bonds. The smallest absolute Gasteiger partial charge is 0.227 e. The van der Waals surface area contributed by atoms with Crippen LogP contribution >= 0.6 is 0 Å². The molecule has 1 aromatic heterocycles. The van der Waals surface area contributed by atoms with Crippen LogP contribution in [0.4, 0.5) is 5.69 Å². The number of anilines is 1. The molecule has 1 atom stereocenters. The van der Waals surface area contributed by atoms with E-state index in [1.807, 2.05) is 65.6 Å². The fourth-order valence-electron chi connectivity index (χ4n) is 4.54. The summed E-state index contributed by atoms with van der Waals surface area (Å²) in [5.74, 6) is 2.52. The summed E-state index contributed by atoms with van der Waals surface area (Å²) in [6, 6.07) is 23.8. The normalized spacial score (nSPS) is 16.0. The van der Waals surface area contributed by atoms with Gasteiger partial charge in [0.2, 0.25) is 5.91 Å². The van der Waals surface area contributed by atoms with Gasteiger partial charge < -0.3 is 18.9 Å². The monoisotopic (exact) mass is 427 g/mol. The Morgan fingerprint density at radius 2 is 1.59 bits per heavy atom. The quantitative estimate of drug-likeness (QED) is 0.451. The highest BCUT2D eigenvalue weighted by Gasteiger charge is 2.36. The first-order valence-electron chi connectivity index (χ1n) is 10.7. The minimum Gasteiger partial charge on any atom is -0.496 e. The zero-order chi connectivity index (χ0) is 22.1. The Labute approximate surface area is 187 Å². The molecule has 1 fully saturated rings. The van der Waals surface area contributed by atoms with Crippen LogP contribution in [-0.2, 0) is 11.3 Å². The van der Waals surface area contributed by atoms with E-state index in [-0.39, 0.29) is 11.8 Å². The molecule has 6 nitrogen and oxygen atoms in total. The van der Waals surface area contributed by atoms with Crippen LogP contribution in [0.25, 0.3) is 11.0 Å². The van der Waals surface area contributed by atoms with E-state index >= 15 is 0 Å². The number of ether oxygens (including phenoxy) is 2. The fourth-order valence-corrected chi connectivity index (χ4v) is 4.54. The zero-order valence-electron chi connectivity index (χ0n) is 18.2. The lowest BCUT2D eigenvalue weighted by Crippen LogP contribution is -2.25. The van der Waals surface area contributed by atoms with Crippen LogP contribution in [0, 0.1) is 0 Å². The summed E-state index contributed by atoms with van der Waals surface area (Å²) in [5, 5.41) is 0. The largest absolute Gasteiger partial charge is 0.496 e. The van der Waals surface area contributed by atoms with Crippen molar-refractivity contribution in [2.45, 2.75) is 18.9 Å². The third-order valence-corrected chi connectivity index (χ3v) is 6.07. The van der Waals surface area contributed by atoms with E-state index < -0.39 is 0 Å². The van der Waals surface area contributed by atoms with Gasteiger partial charge in [0.1, 0.15) is 17.3 Å². The number of carbonyl (C=O) groups is 1. The van der Waals surface area contributed by atoms with Crippen molar-refractivity contribution in [1.82, 2.24) is 9.55 Å². The molecule has 1 aliphatic heterocycles. The molecule has 0 spiro atoms. The highest BCUT2D eigenvalue weighted by atomic mass is 16.5. The highest BCUT2D eigenvalue weighted by Crippen LogP contribution is 2.37. The van der Waals surface area contributed by atoms with Crippen molar-refractivity contribution in [2.24, 2.45) is 0 Å². The van der Waals surface area contributed by atoms with Crippen molar-refractivity contribution >= 4 is 22.6 Å². The van der Waals surface area contributed by atoms with Crippen LogP contribution < -0.4 is 14.4 Å². The minimum atomic E-state index is -0.0190. The Hall–Kier alpha value is -3.80. The van der Waals surface area contributed by atoms with Crippen LogP contribution in [0.1, 0.15) is 23.7 Å². The summed E-state index contributed by atoms with van der Waals surface area (Å²) in [6.07, 6.45) is 0.410. The van der Waals surface area contributed by atoms with Crippen molar-refractivity contribution in [2.75, 3.05) is 25.7 Å². The molecule has 0 N–H and O–H groups in total. The molecule has 0 aliphatic carbocycles. The maximum absolute atomic E-state index is 13.0. The van der Waals surface area contributed by atoms with Crippen LogP contribution in [0.2, 0.25) is 0 Å². The molecule has 0 radical (unpaired) electrons. The molecule has 0 unspecified atom stereocenters. The number of carbonyl (C=O) groups excluding carboxylic acids is 1. The van der Waals surface area contributed by atoms with E-state index in [1.165, 1.54) is 0 Å². The van der Waals surface area contributed by atoms with Gasteiger partial charge in [0.05, 0.1) is 37.5 Å². The average molecular weight is 428 g/mol. The number of hydrogen-bond donors (Lipinski definition) is 0. The van der Waals surface area contributed by atoms with E-state index in [9.17, 15) is 4.79 Å². The molecule has 3 aromatic carbocycles. The first kappa shape index (κ1) is 20.1. The van der Waals surface area contributed by atoms with E-state index in [4.69, 9.17) is 14.5 Å². The second-order valence-electron chi connectivity index (χ2n) is 7.93. The van der Waals surface area contributed by atoms with E-state index in [0.717, 1.165) is 33.9 Å². The third-order valence-electron chi connectivity index (χ3n) is 6.07. The maximum atomic E-state index is 13.0. The van der Waals surface area contributed by atoms with Gasteiger partial charge in [-0.3, -0.25) is 4.79 Å². The Kier molecular flexibility index (Phi) is 5.27. The number of hydrogen-bond acceptors (Lipinski definition) is 4. The number of aromatic nitrogens is 2. The summed E-state index contributed by atoms with van der Waals surface area (Å²) < 4.78 is 13.3.